The predicted octanol–water partition coefficient (Wildman–Crippen LogP) is 2.88. The lowest BCUT2D eigenvalue weighted by Crippen LogP contribution is -2.41. The van der Waals surface area contributed by atoms with Crippen molar-refractivity contribution in [3.05, 3.63) is 0 Å². The number of aliphatic hydroxyl groups excluding tert-OH is 1. The highest BCUT2D eigenvalue weighted by atomic mass is 16.3. The highest BCUT2D eigenvalue weighted by Crippen LogP contribution is 2.44. The Morgan fingerprint density at radius 2 is 1.71 bits per heavy atom. The molecular weight excluding hydrogens is 266 g/mol. The Hall–Kier alpha value is -0.900. The summed E-state index contributed by atoms with van der Waals surface area (Å²) in [7, 11) is 0. The van der Waals surface area contributed by atoms with E-state index in [1.165, 1.54) is 4.90 Å². The van der Waals surface area contributed by atoms with Gasteiger partial charge >= 0.3 is 0 Å². The molecule has 2 rings (SSSR count). The van der Waals surface area contributed by atoms with Crippen LogP contribution in [0.1, 0.15) is 72.1 Å². The highest BCUT2D eigenvalue weighted by molar-refractivity contribution is 6.05. The fraction of sp³-hybridized carbons (Fsp3) is 0.882. The maximum atomic E-state index is 12.7. The number of hydrogen-bond donors (Lipinski definition) is 1. The molecule has 1 aliphatic heterocycles. The lowest BCUT2D eigenvalue weighted by Gasteiger charge is -2.28. The van der Waals surface area contributed by atoms with E-state index in [9.17, 15) is 14.7 Å². The second kappa shape index (κ2) is 6.07. The summed E-state index contributed by atoms with van der Waals surface area (Å²) >= 11 is 0. The van der Waals surface area contributed by atoms with Crippen LogP contribution in [0.3, 0.4) is 0 Å². The number of likely N-dealkylation sites (tertiary alicyclic amines) is 1. The fourth-order valence-electron chi connectivity index (χ4n) is 3.82. The molecule has 0 aromatic carbocycles. The molecule has 4 nitrogen and oxygen atoms in total. The van der Waals surface area contributed by atoms with E-state index >= 15 is 0 Å². The molecule has 4 heteroatoms. The summed E-state index contributed by atoms with van der Waals surface area (Å²) in [4.78, 5) is 26.3. The van der Waals surface area contributed by atoms with Gasteiger partial charge in [0.25, 0.3) is 0 Å². The largest absolute Gasteiger partial charge is 0.391 e. The third-order valence-corrected chi connectivity index (χ3v) is 4.79. The number of hydrogen-bond acceptors (Lipinski definition) is 3. The van der Waals surface area contributed by atoms with Gasteiger partial charge in [0.1, 0.15) is 0 Å². The summed E-state index contributed by atoms with van der Waals surface area (Å²) in [5.41, 5.74) is -0.458. The molecule has 1 saturated heterocycles. The van der Waals surface area contributed by atoms with Crippen LogP contribution >= 0.6 is 0 Å². The van der Waals surface area contributed by atoms with Crippen molar-refractivity contribution in [2.75, 3.05) is 6.54 Å². The Morgan fingerprint density at radius 3 is 2.24 bits per heavy atom. The zero-order chi connectivity index (χ0) is 15.7. The van der Waals surface area contributed by atoms with Crippen molar-refractivity contribution < 1.29 is 14.7 Å². The maximum Gasteiger partial charge on any atom is 0.235 e. The number of amides is 2. The van der Waals surface area contributed by atoms with Crippen LogP contribution in [0.25, 0.3) is 0 Å². The molecule has 1 spiro atoms. The Balaban J connectivity index is 2.04. The van der Waals surface area contributed by atoms with Gasteiger partial charge in [-0.25, -0.2) is 0 Å². The van der Waals surface area contributed by atoms with Gasteiger partial charge in [0, 0.05) is 6.42 Å². The third-order valence-electron chi connectivity index (χ3n) is 4.79. The molecule has 1 atom stereocenters. The number of carbonyl (C=O) groups is 2. The first-order valence-electron chi connectivity index (χ1n) is 8.26. The molecule has 1 N–H and O–H groups in total. The minimum atomic E-state index is -0.626. The standard InChI is InChI=1S/C17H29NO3/c1-16(2,3)10-13(19)12-18-14(20)11-17(15(18)21)8-6-4-5-7-9-17/h13,19H,4-12H2,1-3H3. The van der Waals surface area contributed by atoms with E-state index in [4.69, 9.17) is 0 Å². The van der Waals surface area contributed by atoms with Gasteiger partial charge in [-0.15, -0.1) is 0 Å². The molecule has 0 aromatic heterocycles. The van der Waals surface area contributed by atoms with Gasteiger partial charge in [0.15, 0.2) is 0 Å². The first-order valence-corrected chi connectivity index (χ1v) is 8.26. The summed E-state index contributed by atoms with van der Waals surface area (Å²) in [6, 6.07) is 0. The van der Waals surface area contributed by atoms with Crippen molar-refractivity contribution >= 4 is 11.8 Å². The third kappa shape index (κ3) is 3.85. The van der Waals surface area contributed by atoms with Crippen LogP contribution in [0.15, 0.2) is 0 Å². The maximum absolute atomic E-state index is 12.7. The van der Waals surface area contributed by atoms with Crippen molar-refractivity contribution in [1.29, 1.82) is 0 Å². The lowest BCUT2D eigenvalue weighted by atomic mass is 9.79. The van der Waals surface area contributed by atoms with Crippen LogP contribution in [0.2, 0.25) is 0 Å². The number of rotatable bonds is 3. The number of carbonyl (C=O) groups excluding carboxylic acids is 2. The topological polar surface area (TPSA) is 57.6 Å². The van der Waals surface area contributed by atoms with Gasteiger partial charge in [0.05, 0.1) is 18.1 Å². The van der Waals surface area contributed by atoms with Gasteiger partial charge in [-0.2, -0.15) is 0 Å². The van der Waals surface area contributed by atoms with E-state index in [-0.39, 0.29) is 23.8 Å². The molecule has 120 valence electrons. The second-order valence-electron chi connectivity index (χ2n) is 8.10. The SMILES string of the molecule is CC(C)(C)CC(O)CN1C(=O)CC2(CCCCCC2)C1=O. The zero-order valence-corrected chi connectivity index (χ0v) is 13.7. The number of β-amino-alcohol motifs (C(OH)–C–C–N with tert-alkyl or cyclic N) is 1. The summed E-state index contributed by atoms with van der Waals surface area (Å²) in [6.45, 7) is 6.32. The number of nitrogens with zero attached hydrogens (tertiary/aromatic N) is 1. The van der Waals surface area contributed by atoms with Crippen LogP contribution in [0, 0.1) is 10.8 Å². The summed E-state index contributed by atoms with van der Waals surface area (Å²) in [5, 5.41) is 10.2. The van der Waals surface area contributed by atoms with Crippen LogP contribution in [-0.4, -0.2) is 34.5 Å². The molecule has 2 fully saturated rings. The first kappa shape index (κ1) is 16.5. The Kier molecular flexibility index (Phi) is 4.76. The second-order valence-corrected chi connectivity index (χ2v) is 8.10. The first-order chi connectivity index (χ1) is 9.73. The Morgan fingerprint density at radius 1 is 1.14 bits per heavy atom. The predicted molar refractivity (Wildman–Crippen MR) is 81.6 cm³/mol. The van der Waals surface area contributed by atoms with E-state index in [1.54, 1.807) is 0 Å². The molecule has 2 aliphatic rings. The van der Waals surface area contributed by atoms with Crippen LogP contribution in [-0.2, 0) is 9.59 Å². The van der Waals surface area contributed by atoms with E-state index in [0.29, 0.717) is 12.8 Å². The Labute approximate surface area is 127 Å². The van der Waals surface area contributed by atoms with Crippen molar-refractivity contribution in [3.63, 3.8) is 0 Å². The molecule has 21 heavy (non-hydrogen) atoms. The van der Waals surface area contributed by atoms with Gasteiger partial charge in [-0.05, 0) is 24.7 Å². The van der Waals surface area contributed by atoms with Crippen molar-refractivity contribution in [1.82, 2.24) is 4.90 Å². The molecule has 0 aromatic rings. The van der Waals surface area contributed by atoms with Crippen LogP contribution in [0.5, 0.6) is 0 Å². The van der Waals surface area contributed by atoms with Gasteiger partial charge in [-0.1, -0.05) is 46.5 Å². The zero-order valence-electron chi connectivity index (χ0n) is 13.7. The van der Waals surface area contributed by atoms with E-state index in [0.717, 1.165) is 38.5 Å². The summed E-state index contributed by atoms with van der Waals surface area (Å²) in [5.74, 6) is -0.114. The van der Waals surface area contributed by atoms with Gasteiger partial charge in [-0.3, -0.25) is 14.5 Å². The molecule has 2 amide bonds. The lowest BCUT2D eigenvalue weighted by molar-refractivity contribution is -0.143. The van der Waals surface area contributed by atoms with Crippen LogP contribution < -0.4 is 0 Å². The monoisotopic (exact) mass is 295 g/mol. The average Bonchev–Trinajstić information content (AvgIpc) is 2.55. The average molecular weight is 295 g/mol. The van der Waals surface area contributed by atoms with Gasteiger partial charge in [0.2, 0.25) is 11.8 Å². The van der Waals surface area contributed by atoms with Crippen molar-refractivity contribution in [2.24, 2.45) is 10.8 Å². The minimum Gasteiger partial charge on any atom is -0.391 e. The molecular formula is C17H29NO3. The molecule has 1 unspecified atom stereocenters. The minimum absolute atomic E-state index is 0.00869. The normalized spacial score (nSPS) is 24.5. The fourth-order valence-corrected chi connectivity index (χ4v) is 3.82. The number of aliphatic hydroxyl groups is 1. The highest BCUT2D eigenvalue weighted by Gasteiger charge is 2.51. The molecule has 1 heterocycles. The summed E-state index contributed by atoms with van der Waals surface area (Å²) in [6.07, 6.45) is 6.40. The smallest absolute Gasteiger partial charge is 0.235 e. The van der Waals surface area contributed by atoms with E-state index < -0.39 is 11.5 Å². The van der Waals surface area contributed by atoms with E-state index in [1.807, 2.05) is 0 Å². The van der Waals surface area contributed by atoms with Crippen molar-refractivity contribution in [2.45, 2.75) is 78.2 Å². The Bertz CT molecular complexity index is 403. The molecule has 1 saturated carbocycles. The van der Waals surface area contributed by atoms with Gasteiger partial charge < -0.3 is 5.11 Å². The van der Waals surface area contributed by atoms with Crippen LogP contribution in [0.4, 0.5) is 0 Å². The van der Waals surface area contributed by atoms with E-state index in [2.05, 4.69) is 20.8 Å². The summed E-state index contributed by atoms with van der Waals surface area (Å²) < 4.78 is 0. The number of imide groups is 1. The molecule has 0 radical (unpaired) electrons. The quantitative estimate of drug-likeness (QED) is 0.815. The van der Waals surface area contributed by atoms with Crippen molar-refractivity contribution in [3.8, 4) is 0 Å². The molecule has 0 bridgehead atoms. The molecule has 1 aliphatic carbocycles.